The van der Waals surface area contributed by atoms with E-state index in [-0.39, 0.29) is 16.6 Å². The molecule has 1 N–H and O–H groups in total. The molecule has 20 heavy (non-hydrogen) atoms. The molecule has 0 spiro atoms. The fourth-order valence-electron chi connectivity index (χ4n) is 1.53. The lowest BCUT2D eigenvalue weighted by Gasteiger charge is -2.06. The van der Waals surface area contributed by atoms with Gasteiger partial charge in [-0.3, -0.25) is 9.59 Å². The molecule has 1 heterocycles. The van der Waals surface area contributed by atoms with Crippen molar-refractivity contribution in [2.75, 3.05) is 5.32 Å². The van der Waals surface area contributed by atoms with E-state index in [1.807, 2.05) is 0 Å². The number of rotatable bonds is 3. The molecule has 0 aliphatic carbocycles. The Morgan fingerprint density at radius 2 is 2.05 bits per heavy atom. The van der Waals surface area contributed by atoms with Crippen LogP contribution >= 0.6 is 23.2 Å². The number of anilines is 1. The Hall–Kier alpha value is -1.85. The van der Waals surface area contributed by atoms with Gasteiger partial charge in [0.2, 0.25) is 5.91 Å². The number of halogens is 2. The van der Waals surface area contributed by atoms with Crippen LogP contribution in [0.3, 0.4) is 0 Å². The summed E-state index contributed by atoms with van der Waals surface area (Å²) in [5, 5.41) is 7.10. The fraction of sp³-hybridized carbons (Fsp3) is 0.154. The zero-order chi connectivity index (χ0) is 14.7. The second-order valence-corrected chi connectivity index (χ2v) is 4.73. The number of hydrogen-bond acceptors (Lipinski definition) is 3. The Morgan fingerprint density at radius 3 is 2.75 bits per heavy atom. The Labute approximate surface area is 125 Å². The SMILES string of the molecule is CCC(=O)n1ccc(C(=O)Nc2cccc(Cl)c2Cl)n1. The molecule has 0 radical (unpaired) electrons. The molecule has 1 aromatic heterocycles. The van der Waals surface area contributed by atoms with Crippen LogP contribution in [0.2, 0.25) is 10.0 Å². The lowest BCUT2D eigenvalue weighted by Crippen LogP contribution is -2.15. The minimum Gasteiger partial charge on any atom is -0.319 e. The van der Waals surface area contributed by atoms with E-state index >= 15 is 0 Å². The molecule has 1 aromatic carbocycles. The van der Waals surface area contributed by atoms with E-state index in [1.54, 1.807) is 25.1 Å². The van der Waals surface area contributed by atoms with Gasteiger partial charge in [-0.15, -0.1) is 0 Å². The summed E-state index contributed by atoms with van der Waals surface area (Å²) in [6.45, 7) is 1.72. The number of benzene rings is 1. The second kappa shape index (κ2) is 6.07. The molecule has 1 amide bonds. The molecule has 2 aromatic rings. The van der Waals surface area contributed by atoms with Crippen molar-refractivity contribution in [1.82, 2.24) is 9.78 Å². The molecular formula is C13H11Cl2N3O2. The first kappa shape index (κ1) is 14.6. The summed E-state index contributed by atoms with van der Waals surface area (Å²) in [4.78, 5) is 23.4. The molecule has 0 atom stereocenters. The van der Waals surface area contributed by atoms with Crippen molar-refractivity contribution < 1.29 is 9.59 Å². The van der Waals surface area contributed by atoms with Gasteiger partial charge in [0.05, 0.1) is 15.7 Å². The first-order valence-corrected chi connectivity index (χ1v) is 6.62. The molecule has 7 heteroatoms. The van der Waals surface area contributed by atoms with Gasteiger partial charge in [-0.2, -0.15) is 5.10 Å². The van der Waals surface area contributed by atoms with Gasteiger partial charge < -0.3 is 5.32 Å². The molecule has 0 saturated heterocycles. The average Bonchev–Trinajstić information content (AvgIpc) is 2.93. The molecule has 2 rings (SSSR count). The van der Waals surface area contributed by atoms with Crippen LogP contribution in [-0.4, -0.2) is 21.6 Å². The van der Waals surface area contributed by atoms with E-state index in [4.69, 9.17) is 23.2 Å². The molecule has 0 bridgehead atoms. The lowest BCUT2D eigenvalue weighted by molar-refractivity contribution is 0.0892. The Bertz CT molecular complexity index is 667. The number of carbonyl (C=O) groups excluding carboxylic acids is 2. The number of nitrogens with zero attached hydrogens (tertiary/aromatic N) is 2. The maximum absolute atomic E-state index is 12.0. The highest BCUT2D eigenvalue weighted by Gasteiger charge is 2.14. The van der Waals surface area contributed by atoms with Gasteiger partial charge in [-0.25, -0.2) is 4.68 Å². The van der Waals surface area contributed by atoms with Crippen molar-refractivity contribution in [2.24, 2.45) is 0 Å². The van der Waals surface area contributed by atoms with E-state index < -0.39 is 5.91 Å². The summed E-state index contributed by atoms with van der Waals surface area (Å²) in [5.41, 5.74) is 0.517. The molecular weight excluding hydrogens is 301 g/mol. The summed E-state index contributed by atoms with van der Waals surface area (Å²) in [7, 11) is 0. The number of amides is 1. The van der Waals surface area contributed by atoms with Gasteiger partial charge in [-0.05, 0) is 18.2 Å². The number of hydrogen-bond donors (Lipinski definition) is 1. The van der Waals surface area contributed by atoms with Crippen LogP contribution in [-0.2, 0) is 0 Å². The molecule has 0 aliphatic heterocycles. The molecule has 104 valence electrons. The summed E-state index contributed by atoms with van der Waals surface area (Å²) < 4.78 is 1.13. The third-order valence-corrected chi connectivity index (χ3v) is 3.40. The molecule has 0 fully saturated rings. The minimum absolute atomic E-state index is 0.128. The quantitative estimate of drug-likeness (QED) is 0.943. The van der Waals surface area contributed by atoms with Gasteiger partial charge >= 0.3 is 0 Å². The normalized spacial score (nSPS) is 10.3. The van der Waals surface area contributed by atoms with E-state index in [1.165, 1.54) is 12.3 Å². The van der Waals surface area contributed by atoms with Crippen LogP contribution in [0.15, 0.2) is 30.5 Å². The number of nitrogens with one attached hydrogen (secondary N) is 1. The predicted molar refractivity (Wildman–Crippen MR) is 77.6 cm³/mol. The third-order valence-electron chi connectivity index (χ3n) is 2.58. The summed E-state index contributed by atoms with van der Waals surface area (Å²) in [5.74, 6) is -0.651. The van der Waals surface area contributed by atoms with Gasteiger partial charge in [0.15, 0.2) is 5.69 Å². The van der Waals surface area contributed by atoms with Crippen molar-refractivity contribution in [3.8, 4) is 0 Å². The maximum Gasteiger partial charge on any atom is 0.276 e. The first-order valence-electron chi connectivity index (χ1n) is 5.87. The highest BCUT2D eigenvalue weighted by Crippen LogP contribution is 2.29. The zero-order valence-corrected chi connectivity index (χ0v) is 12.1. The van der Waals surface area contributed by atoms with Gasteiger partial charge in [-0.1, -0.05) is 36.2 Å². The summed E-state index contributed by atoms with van der Waals surface area (Å²) in [6, 6.07) is 6.37. The van der Waals surface area contributed by atoms with Crippen molar-refractivity contribution in [1.29, 1.82) is 0 Å². The smallest absolute Gasteiger partial charge is 0.276 e. The fourth-order valence-corrected chi connectivity index (χ4v) is 1.88. The van der Waals surface area contributed by atoms with Crippen molar-refractivity contribution >= 4 is 40.7 Å². The van der Waals surface area contributed by atoms with E-state index in [0.717, 1.165) is 4.68 Å². The average molecular weight is 312 g/mol. The molecule has 0 saturated carbocycles. The number of carbonyl (C=O) groups is 2. The van der Waals surface area contributed by atoms with E-state index in [9.17, 15) is 9.59 Å². The van der Waals surface area contributed by atoms with Crippen LogP contribution in [0, 0.1) is 0 Å². The monoisotopic (exact) mass is 311 g/mol. The molecule has 0 aliphatic rings. The third kappa shape index (κ3) is 3.00. The van der Waals surface area contributed by atoms with Crippen LogP contribution in [0.1, 0.15) is 28.6 Å². The van der Waals surface area contributed by atoms with E-state index in [2.05, 4.69) is 10.4 Å². The summed E-state index contributed by atoms with van der Waals surface area (Å²) in [6.07, 6.45) is 1.75. The van der Waals surface area contributed by atoms with Crippen molar-refractivity contribution in [3.05, 3.63) is 46.2 Å². The highest BCUT2D eigenvalue weighted by molar-refractivity contribution is 6.44. The van der Waals surface area contributed by atoms with E-state index in [0.29, 0.717) is 17.1 Å². The van der Waals surface area contributed by atoms with Crippen LogP contribution in [0.4, 0.5) is 5.69 Å². The number of aromatic nitrogens is 2. The van der Waals surface area contributed by atoms with Crippen molar-refractivity contribution in [3.63, 3.8) is 0 Å². The standard InChI is InChI=1S/C13H11Cl2N3O2/c1-2-11(19)18-7-6-10(17-18)13(20)16-9-5-3-4-8(14)12(9)15/h3-7H,2H2,1H3,(H,16,20). The largest absolute Gasteiger partial charge is 0.319 e. The van der Waals surface area contributed by atoms with Gasteiger partial charge in [0.1, 0.15) is 0 Å². The highest BCUT2D eigenvalue weighted by atomic mass is 35.5. The van der Waals surface area contributed by atoms with Gasteiger partial charge in [0, 0.05) is 12.6 Å². The van der Waals surface area contributed by atoms with Crippen molar-refractivity contribution in [2.45, 2.75) is 13.3 Å². The minimum atomic E-state index is -0.461. The van der Waals surface area contributed by atoms with Crippen LogP contribution in [0.5, 0.6) is 0 Å². The van der Waals surface area contributed by atoms with Crippen LogP contribution < -0.4 is 5.32 Å². The summed E-state index contributed by atoms with van der Waals surface area (Å²) >= 11 is 11.8. The predicted octanol–water partition coefficient (Wildman–Crippen LogP) is 3.49. The second-order valence-electron chi connectivity index (χ2n) is 3.95. The van der Waals surface area contributed by atoms with Crippen LogP contribution in [0.25, 0.3) is 0 Å². The molecule has 0 unspecified atom stereocenters. The van der Waals surface area contributed by atoms with Gasteiger partial charge in [0.25, 0.3) is 5.91 Å². The first-order chi connectivity index (χ1) is 9.52. The zero-order valence-electron chi connectivity index (χ0n) is 10.6. The Balaban J connectivity index is 2.18. The Morgan fingerprint density at radius 1 is 1.30 bits per heavy atom. The lowest BCUT2D eigenvalue weighted by atomic mass is 10.3. The maximum atomic E-state index is 12.0. The molecule has 5 nitrogen and oxygen atoms in total. The Kier molecular flexibility index (Phi) is 4.42. The topological polar surface area (TPSA) is 64.0 Å².